The lowest BCUT2D eigenvalue weighted by molar-refractivity contribution is -0.158. The number of nitrogens with zero attached hydrogens (tertiary/aromatic N) is 2. The number of hydrogen-bond donors (Lipinski definition) is 1. The molecule has 0 spiro atoms. The second-order valence-corrected chi connectivity index (χ2v) is 26.4. The third-order valence-corrected chi connectivity index (χ3v) is 16.2. The van der Waals surface area contributed by atoms with E-state index in [9.17, 15) is 23.6 Å². The van der Waals surface area contributed by atoms with Gasteiger partial charge in [0.15, 0.2) is 14.0 Å². The Bertz CT molecular complexity index is 1510. The standard InChI is InChI=1S/C38H60FN3O7Si2/c1-25-14-12-20-40-31(44)17-16-26(2)34(27(3)18-19-39)48-36(46)30-15-13-21-42(30)35(45)33-37(50(7,8)9)47-32(41-33)24-28(43)23-29(22-25)49-51(10,11)38(4,5)6/h12,14,16-17,22,26-27,29-30,34H,13,15,18-21,23-24H2,1-11H3,(H,40,44)/b14-12+,17-16+,25-22+/t26-,27-,29?,30-,34+/m1/s1. The van der Waals surface area contributed by atoms with E-state index in [1.54, 1.807) is 6.08 Å². The van der Waals surface area contributed by atoms with Crippen LogP contribution in [0.2, 0.25) is 37.8 Å². The second kappa shape index (κ2) is 17.6. The largest absolute Gasteiger partial charge is 0.460 e. The van der Waals surface area contributed by atoms with Gasteiger partial charge in [0.05, 0.1) is 19.2 Å². The van der Waals surface area contributed by atoms with Gasteiger partial charge in [-0.2, -0.15) is 0 Å². The molecule has 1 saturated heterocycles. The molecule has 51 heavy (non-hydrogen) atoms. The summed E-state index contributed by atoms with van der Waals surface area (Å²) < 4.78 is 32.4. The SMILES string of the molecule is CC1=C\C(O[Si](C)(C)C(C)(C)C)CC(=O)Cc2nc(c([Si](C)(C)C)o2)C(=O)N2CCC[C@@H]2C(=O)O[C@H]([C@H](C)CCF)[C@H](C)/C=C/C(=O)NC\C=C\1. The molecular weight excluding hydrogens is 686 g/mol. The number of nitrogens with one attached hydrogen (secondary N) is 1. The van der Waals surface area contributed by atoms with Gasteiger partial charge in [-0.1, -0.05) is 84.1 Å². The molecule has 5 atom stereocenters. The molecule has 0 radical (unpaired) electrons. The van der Waals surface area contributed by atoms with Crippen LogP contribution in [0.3, 0.4) is 0 Å². The summed E-state index contributed by atoms with van der Waals surface area (Å²) in [5, 5.41) is 3.22. The maximum Gasteiger partial charge on any atom is 0.329 e. The summed E-state index contributed by atoms with van der Waals surface area (Å²) in [6.45, 7) is 22.4. The van der Waals surface area contributed by atoms with Gasteiger partial charge in [0.25, 0.3) is 5.91 Å². The highest BCUT2D eigenvalue weighted by Crippen LogP contribution is 2.38. The molecule has 2 aliphatic rings. The first-order chi connectivity index (χ1) is 23.6. The molecule has 3 rings (SSSR count). The molecular formula is C38H60FN3O7Si2. The predicted octanol–water partition coefficient (Wildman–Crippen LogP) is 6.45. The summed E-state index contributed by atoms with van der Waals surface area (Å²) >= 11 is 0. The average molecular weight is 746 g/mol. The Morgan fingerprint density at radius 2 is 1.80 bits per heavy atom. The molecule has 13 heteroatoms. The first kappa shape index (κ1) is 42.2. The number of allylic oxidation sites excluding steroid dienone is 2. The van der Waals surface area contributed by atoms with Crippen molar-refractivity contribution in [3.05, 3.63) is 47.5 Å². The van der Waals surface area contributed by atoms with E-state index in [0.717, 1.165) is 5.57 Å². The van der Waals surface area contributed by atoms with Crippen LogP contribution in [-0.2, 0) is 30.0 Å². The van der Waals surface area contributed by atoms with Crippen LogP contribution >= 0.6 is 0 Å². The van der Waals surface area contributed by atoms with E-state index >= 15 is 0 Å². The number of carbonyl (C=O) groups is 4. The minimum Gasteiger partial charge on any atom is -0.460 e. The van der Waals surface area contributed by atoms with Crippen molar-refractivity contribution in [1.82, 2.24) is 15.2 Å². The average Bonchev–Trinajstić information content (AvgIpc) is 3.67. The number of carbonyl (C=O) groups excluding carboxylic acids is 4. The molecule has 0 aromatic carbocycles. The van der Waals surface area contributed by atoms with E-state index in [2.05, 4.69) is 44.2 Å². The van der Waals surface area contributed by atoms with Crippen LogP contribution in [-0.4, -0.2) is 87.9 Å². The smallest absolute Gasteiger partial charge is 0.329 e. The zero-order valence-corrected chi connectivity index (χ0v) is 34.6. The van der Waals surface area contributed by atoms with Gasteiger partial charge in [0.1, 0.15) is 31.4 Å². The number of Topliss-reactive ketones (excluding diaryl/α,β-unsaturated/α-hetero) is 1. The summed E-state index contributed by atoms with van der Waals surface area (Å²) in [5.74, 6) is -2.04. The molecule has 284 valence electrons. The van der Waals surface area contributed by atoms with Gasteiger partial charge in [-0.05, 0) is 56.3 Å². The van der Waals surface area contributed by atoms with Crippen molar-refractivity contribution in [1.29, 1.82) is 0 Å². The Kier molecular flexibility index (Phi) is 14.6. The van der Waals surface area contributed by atoms with Gasteiger partial charge < -0.3 is 23.8 Å². The first-order valence-electron chi connectivity index (χ1n) is 18.2. The molecule has 1 unspecified atom stereocenters. The number of oxazole rings is 1. The van der Waals surface area contributed by atoms with Crippen LogP contribution in [0.5, 0.6) is 0 Å². The van der Waals surface area contributed by atoms with Gasteiger partial charge in [-0.15, -0.1) is 0 Å². The number of ether oxygens (including phenoxy) is 1. The third kappa shape index (κ3) is 11.7. The summed E-state index contributed by atoms with van der Waals surface area (Å²) in [4.78, 5) is 60.4. The van der Waals surface area contributed by atoms with Crippen LogP contribution in [0, 0.1) is 11.8 Å². The molecule has 0 saturated carbocycles. The van der Waals surface area contributed by atoms with Crippen molar-refractivity contribution in [2.45, 2.75) is 130 Å². The molecule has 2 aliphatic heterocycles. The minimum absolute atomic E-state index is 0.0855. The molecule has 1 fully saturated rings. The normalized spacial score (nSPS) is 26.8. The lowest BCUT2D eigenvalue weighted by atomic mass is 9.90. The van der Waals surface area contributed by atoms with Crippen molar-refractivity contribution in [2.75, 3.05) is 19.8 Å². The highest BCUT2D eigenvalue weighted by atomic mass is 28.4. The van der Waals surface area contributed by atoms with E-state index in [-0.39, 0.29) is 60.0 Å². The topological polar surface area (TPSA) is 128 Å². The number of hydrogen-bond acceptors (Lipinski definition) is 8. The summed E-state index contributed by atoms with van der Waals surface area (Å²) in [6, 6.07) is -0.856. The summed E-state index contributed by atoms with van der Waals surface area (Å²) in [7, 11) is -4.56. The highest BCUT2D eigenvalue weighted by molar-refractivity contribution is 6.88. The number of fused-ring (bicyclic) bond motifs is 3. The number of ketones is 1. The zero-order valence-electron chi connectivity index (χ0n) is 32.6. The predicted molar refractivity (Wildman–Crippen MR) is 203 cm³/mol. The van der Waals surface area contributed by atoms with Crippen molar-refractivity contribution in [2.24, 2.45) is 11.8 Å². The number of alkyl halides is 1. The molecule has 0 aliphatic carbocycles. The van der Waals surface area contributed by atoms with E-state index < -0.39 is 59.1 Å². The highest BCUT2D eigenvalue weighted by Gasteiger charge is 2.42. The van der Waals surface area contributed by atoms with E-state index in [1.807, 2.05) is 58.6 Å². The molecule has 3 heterocycles. The summed E-state index contributed by atoms with van der Waals surface area (Å²) in [5.41, 5.74) is 1.01. The van der Waals surface area contributed by atoms with Crippen LogP contribution in [0.15, 0.2) is 40.4 Å². The Labute approximate surface area is 305 Å². The van der Waals surface area contributed by atoms with Crippen molar-refractivity contribution >= 4 is 45.3 Å². The fraction of sp³-hybridized carbons (Fsp3) is 0.658. The number of esters is 1. The lowest BCUT2D eigenvalue weighted by Gasteiger charge is -2.38. The molecule has 10 nitrogen and oxygen atoms in total. The number of cyclic esters (lactones) is 1. The van der Waals surface area contributed by atoms with E-state index in [1.165, 1.54) is 11.0 Å². The Morgan fingerprint density at radius 3 is 2.43 bits per heavy atom. The van der Waals surface area contributed by atoms with Crippen LogP contribution in [0.1, 0.15) is 83.6 Å². The van der Waals surface area contributed by atoms with Gasteiger partial charge >= 0.3 is 5.97 Å². The maximum absolute atomic E-state index is 14.2. The number of rotatable bonds is 6. The maximum atomic E-state index is 14.2. The fourth-order valence-electron chi connectivity index (χ4n) is 6.09. The Balaban J connectivity index is 2.07. The van der Waals surface area contributed by atoms with Crippen LogP contribution < -0.4 is 10.7 Å². The number of halogens is 1. The fourth-order valence-corrected chi connectivity index (χ4v) is 8.65. The lowest BCUT2D eigenvalue weighted by Crippen LogP contribution is -2.47. The van der Waals surface area contributed by atoms with E-state index in [0.29, 0.717) is 24.8 Å². The van der Waals surface area contributed by atoms with Crippen molar-refractivity contribution in [3.8, 4) is 0 Å². The Morgan fingerprint density at radius 1 is 1.12 bits per heavy atom. The molecule has 1 N–H and O–H groups in total. The monoisotopic (exact) mass is 745 g/mol. The van der Waals surface area contributed by atoms with Crippen molar-refractivity contribution in [3.63, 3.8) is 0 Å². The van der Waals surface area contributed by atoms with Gasteiger partial charge in [-0.3, -0.25) is 18.8 Å². The quantitative estimate of drug-likeness (QED) is 0.260. The second-order valence-electron chi connectivity index (χ2n) is 16.7. The van der Waals surface area contributed by atoms with Crippen molar-refractivity contribution < 1.29 is 37.1 Å². The number of amides is 2. The molecule has 2 amide bonds. The minimum atomic E-state index is -2.28. The van der Waals surface area contributed by atoms with Crippen LogP contribution in [0.25, 0.3) is 0 Å². The van der Waals surface area contributed by atoms with E-state index in [4.69, 9.17) is 13.6 Å². The summed E-state index contributed by atoms with van der Waals surface area (Å²) in [6.07, 6.45) is 8.65. The van der Waals surface area contributed by atoms with Gasteiger partial charge in [0.2, 0.25) is 11.8 Å². The van der Waals surface area contributed by atoms with Gasteiger partial charge in [0, 0.05) is 25.4 Å². The zero-order chi connectivity index (χ0) is 38.3. The first-order valence-corrected chi connectivity index (χ1v) is 24.6. The number of aromatic nitrogens is 1. The molecule has 1 aromatic heterocycles. The third-order valence-electron chi connectivity index (χ3n) is 10.0. The molecule has 1 aromatic rings. The van der Waals surface area contributed by atoms with Crippen LogP contribution in [0.4, 0.5) is 4.39 Å². The molecule has 2 bridgehead atoms. The van der Waals surface area contributed by atoms with Gasteiger partial charge in [-0.25, -0.2) is 9.78 Å². The Hall–Kier alpha value is -3.17.